The van der Waals surface area contributed by atoms with Crippen LogP contribution in [-0.2, 0) is 22.6 Å². The van der Waals surface area contributed by atoms with E-state index in [1.807, 2.05) is 28.9 Å². The van der Waals surface area contributed by atoms with Crippen molar-refractivity contribution in [2.24, 2.45) is 0 Å². The van der Waals surface area contributed by atoms with Crippen molar-refractivity contribution in [2.45, 2.75) is 57.5 Å². The van der Waals surface area contributed by atoms with Crippen LogP contribution in [0.3, 0.4) is 0 Å². The van der Waals surface area contributed by atoms with Crippen molar-refractivity contribution < 1.29 is 14.4 Å². The van der Waals surface area contributed by atoms with E-state index in [0.29, 0.717) is 44.7 Å². The summed E-state index contributed by atoms with van der Waals surface area (Å²) in [6.07, 6.45) is 5.44. The van der Waals surface area contributed by atoms with Crippen LogP contribution in [0.5, 0.6) is 0 Å². The van der Waals surface area contributed by atoms with Crippen LogP contribution < -0.4 is 0 Å². The molecule has 1 N–H and O–H groups in total. The molecule has 2 saturated heterocycles. The normalized spacial score (nSPS) is 20.2. The predicted octanol–water partition coefficient (Wildman–Crippen LogP) is 2.33. The molecule has 0 aliphatic carbocycles. The fourth-order valence-electron chi connectivity index (χ4n) is 5.48. The first kappa shape index (κ1) is 21.7. The second-order valence-corrected chi connectivity index (χ2v) is 9.41. The summed E-state index contributed by atoms with van der Waals surface area (Å²) in [5, 5.41) is 7.28. The van der Waals surface area contributed by atoms with Gasteiger partial charge < -0.3 is 14.7 Å². The molecule has 0 bridgehead atoms. The van der Waals surface area contributed by atoms with Gasteiger partial charge in [-0.3, -0.25) is 19.5 Å². The van der Waals surface area contributed by atoms with Gasteiger partial charge in [0.25, 0.3) is 5.91 Å². The van der Waals surface area contributed by atoms with Crippen molar-refractivity contribution in [3.63, 3.8) is 0 Å². The average molecular weight is 450 g/mol. The van der Waals surface area contributed by atoms with Gasteiger partial charge in [-0.2, -0.15) is 5.10 Å². The molecule has 0 radical (unpaired) electrons. The summed E-state index contributed by atoms with van der Waals surface area (Å²) < 4.78 is 0. The van der Waals surface area contributed by atoms with Gasteiger partial charge in [0, 0.05) is 45.1 Å². The lowest BCUT2D eigenvalue weighted by molar-refractivity contribution is -0.143. The molecule has 2 aromatic rings. The number of nitrogens with one attached hydrogen (secondary N) is 1. The molecule has 0 unspecified atom stereocenters. The maximum Gasteiger partial charge on any atom is 0.257 e. The molecule has 8 heteroatoms. The third-order valence-corrected chi connectivity index (χ3v) is 7.47. The molecule has 1 aromatic carbocycles. The summed E-state index contributed by atoms with van der Waals surface area (Å²) in [7, 11) is 0. The second kappa shape index (κ2) is 9.00. The van der Waals surface area contributed by atoms with Gasteiger partial charge in [0.2, 0.25) is 11.8 Å². The van der Waals surface area contributed by atoms with E-state index < -0.39 is 6.04 Å². The zero-order chi connectivity index (χ0) is 22.9. The Balaban J connectivity index is 1.22. The summed E-state index contributed by atoms with van der Waals surface area (Å²) in [5.74, 6) is 0.285. The molecule has 5 rings (SSSR count). The monoisotopic (exact) mass is 449 g/mol. The van der Waals surface area contributed by atoms with E-state index in [9.17, 15) is 14.4 Å². The lowest BCUT2D eigenvalue weighted by atomic mass is 9.90. The van der Waals surface area contributed by atoms with Crippen LogP contribution in [0.1, 0.15) is 65.7 Å². The van der Waals surface area contributed by atoms with Crippen molar-refractivity contribution in [2.75, 3.05) is 26.2 Å². The lowest BCUT2D eigenvalue weighted by Crippen LogP contribution is -2.49. The van der Waals surface area contributed by atoms with E-state index in [1.165, 1.54) is 11.1 Å². The Morgan fingerprint density at radius 3 is 2.52 bits per heavy atom. The van der Waals surface area contributed by atoms with E-state index in [0.717, 1.165) is 31.4 Å². The number of hydrogen-bond donors (Lipinski definition) is 1. The van der Waals surface area contributed by atoms with Gasteiger partial charge in [-0.05, 0) is 43.7 Å². The standard InChI is InChI=1S/C25H31N5O3/c1-17(30-11-4-7-22(30)31)24(32)28-12-9-19(10-13-28)23-21(15-26-27-23)25(33)29-14-8-18-5-2-3-6-20(18)16-29/h2-3,5-6,15,17,19H,4,7-14,16H2,1H3,(H,26,27)/t17-/m0/s1. The Labute approximate surface area is 193 Å². The van der Waals surface area contributed by atoms with Crippen molar-refractivity contribution in [3.8, 4) is 0 Å². The van der Waals surface area contributed by atoms with Gasteiger partial charge in [0.1, 0.15) is 6.04 Å². The van der Waals surface area contributed by atoms with Gasteiger partial charge >= 0.3 is 0 Å². The molecule has 1 aromatic heterocycles. The first-order chi connectivity index (χ1) is 16.0. The van der Waals surface area contributed by atoms with E-state index in [4.69, 9.17) is 0 Å². The second-order valence-electron chi connectivity index (χ2n) is 9.41. The number of likely N-dealkylation sites (tertiary alicyclic amines) is 2. The third kappa shape index (κ3) is 4.14. The maximum atomic E-state index is 13.3. The fraction of sp³-hybridized carbons (Fsp3) is 0.520. The molecule has 0 saturated carbocycles. The number of rotatable bonds is 4. The maximum absolute atomic E-state index is 13.3. The fourth-order valence-corrected chi connectivity index (χ4v) is 5.48. The van der Waals surface area contributed by atoms with Gasteiger partial charge in [-0.25, -0.2) is 0 Å². The molecule has 4 heterocycles. The summed E-state index contributed by atoms with van der Waals surface area (Å²) in [6, 6.07) is 7.89. The minimum atomic E-state index is -0.400. The van der Waals surface area contributed by atoms with Crippen LogP contribution in [0.2, 0.25) is 0 Å². The number of fused-ring (bicyclic) bond motifs is 1. The molecule has 33 heavy (non-hydrogen) atoms. The Bertz CT molecular complexity index is 1060. The quantitative estimate of drug-likeness (QED) is 0.776. The van der Waals surface area contributed by atoms with E-state index in [1.54, 1.807) is 11.1 Å². The molecule has 8 nitrogen and oxygen atoms in total. The Morgan fingerprint density at radius 1 is 1.03 bits per heavy atom. The number of carbonyl (C=O) groups excluding carboxylic acids is 3. The van der Waals surface area contributed by atoms with Crippen molar-refractivity contribution >= 4 is 17.7 Å². The van der Waals surface area contributed by atoms with E-state index >= 15 is 0 Å². The molecular weight excluding hydrogens is 418 g/mol. The molecule has 3 amide bonds. The number of nitrogens with zero attached hydrogens (tertiary/aromatic N) is 4. The summed E-state index contributed by atoms with van der Waals surface area (Å²) in [6.45, 7) is 5.09. The molecule has 0 spiro atoms. The molecule has 1 atom stereocenters. The minimum absolute atomic E-state index is 0.0212. The highest BCUT2D eigenvalue weighted by molar-refractivity contribution is 5.95. The van der Waals surface area contributed by atoms with Crippen LogP contribution in [0.4, 0.5) is 0 Å². The zero-order valence-corrected chi connectivity index (χ0v) is 19.1. The number of H-pyrrole nitrogens is 1. The molecule has 3 aliphatic rings. The van der Waals surface area contributed by atoms with Crippen LogP contribution in [0, 0.1) is 0 Å². The van der Waals surface area contributed by atoms with Gasteiger partial charge in [-0.1, -0.05) is 24.3 Å². The summed E-state index contributed by atoms with van der Waals surface area (Å²) >= 11 is 0. The highest BCUT2D eigenvalue weighted by atomic mass is 16.2. The highest BCUT2D eigenvalue weighted by Crippen LogP contribution is 2.31. The van der Waals surface area contributed by atoms with Crippen LogP contribution in [0.25, 0.3) is 0 Å². The number of piperidine rings is 1. The summed E-state index contributed by atoms with van der Waals surface area (Å²) in [4.78, 5) is 43.8. The van der Waals surface area contributed by atoms with Crippen molar-refractivity contribution in [1.29, 1.82) is 0 Å². The Morgan fingerprint density at radius 2 is 1.79 bits per heavy atom. The Hall–Kier alpha value is -3.16. The number of aromatic nitrogens is 2. The predicted molar refractivity (Wildman–Crippen MR) is 122 cm³/mol. The average Bonchev–Trinajstić information content (AvgIpc) is 3.51. The minimum Gasteiger partial charge on any atom is -0.341 e. The third-order valence-electron chi connectivity index (χ3n) is 7.47. The SMILES string of the molecule is C[C@@H](C(=O)N1CCC(c2[nH]ncc2C(=O)N2CCc3ccccc3C2)CC1)N1CCCC1=O. The van der Waals surface area contributed by atoms with Gasteiger partial charge in [-0.15, -0.1) is 0 Å². The zero-order valence-electron chi connectivity index (χ0n) is 19.1. The van der Waals surface area contributed by atoms with Gasteiger partial charge in [0.05, 0.1) is 17.5 Å². The first-order valence-electron chi connectivity index (χ1n) is 12.0. The number of aromatic amines is 1. The molecule has 2 fully saturated rings. The summed E-state index contributed by atoms with van der Waals surface area (Å²) in [5.41, 5.74) is 4.05. The number of carbonyl (C=O) groups is 3. The number of benzene rings is 1. The van der Waals surface area contributed by atoms with Crippen LogP contribution in [0.15, 0.2) is 30.5 Å². The van der Waals surface area contributed by atoms with Crippen LogP contribution >= 0.6 is 0 Å². The lowest BCUT2D eigenvalue weighted by Gasteiger charge is -2.35. The van der Waals surface area contributed by atoms with E-state index in [-0.39, 0.29) is 23.6 Å². The van der Waals surface area contributed by atoms with Crippen molar-refractivity contribution in [1.82, 2.24) is 24.9 Å². The largest absolute Gasteiger partial charge is 0.341 e. The first-order valence-corrected chi connectivity index (χ1v) is 12.0. The highest BCUT2D eigenvalue weighted by Gasteiger charge is 2.35. The Kier molecular flexibility index (Phi) is 5.91. The van der Waals surface area contributed by atoms with E-state index in [2.05, 4.69) is 22.3 Å². The topological polar surface area (TPSA) is 89.6 Å². The van der Waals surface area contributed by atoms with Crippen molar-refractivity contribution in [3.05, 3.63) is 52.8 Å². The molecule has 3 aliphatic heterocycles. The van der Waals surface area contributed by atoms with Crippen LogP contribution in [-0.4, -0.2) is 74.8 Å². The molecular formula is C25H31N5O3. The smallest absolute Gasteiger partial charge is 0.257 e. The molecule has 174 valence electrons. The van der Waals surface area contributed by atoms with Gasteiger partial charge in [0.15, 0.2) is 0 Å². The number of amides is 3. The number of hydrogen-bond acceptors (Lipinski definition) is 4.